The van der Waals surface area contributed by atoms with E-state index in [4.69, 9.17) is 21.7 Å². The van der Waals surface area contributed by atoms with Crippen LogP contribution in [0.15, 0.2) is 47.3 Å². The maximum absolute atomic E-state index is 13.0. The summed E-state index contributed by atoms with van der Waals surface area (Å²) in [7, 11) is 0. The van der Waals surface area contributed by atoms with Gasteiger partial charge < -0.3 is 24.7 Å². The molecule has 0 unspecified atom stereocenters. The Morgan fingerprint density at radius 1 is 1.09 bits per heavy atom. The van der Waals surface area contributed by atoms with Gasteiger partial charge in [-0.2, -0.15) is 0 Å². The molecule has 0 saturated heterocycles. The van der Waals surface area contributed by atoms with E-state index in [0.717, 1.165) is 29.4 Å². The molecule has 1 fully saturated rings. The number of hydrogen-bond acceptors (Lipinski definition) is 4. The second kappa shape index (κ2) is 8.82. The zero-order chi connectivity index (χ0) is 22.1. The molecule has 2 aliphatic rings. The predicted molar refractivity (Wildman–Crippen MR) is 131 cm³/mol. The third-order valence-electron chi connectivity index (χ3n) is 6.25. The lowest BCUT2D eigenvalue weighted by molar-refractivity contribution is 0.172. The van der Waals surface area contributed by atoms with Gasteiger partial charge in [0.05, 0.1) is 12.1 Å². The van der Waals surface area contributed by atoms with Crippen LogP contribution in [0, 0.1) is 6.92 Å². The number of nitrogens with one attached hydrogen (secondary N) is 2. The molecule has 0 amide bonds. The minimum atomic E-state index is -0.102. The van der Waals surface area contributed by atoms with Crippen molar-refractivity contribution in [3.8, 4) is 11.5 Å². The van der Waals surface area contributed by atoms with Crippen molar-refractivity contribution in [1.29, 1.82) is 0 Å². The molecule has 1 aromatic heterocycles. The lowest BCUT2D eigenvalue weighted by Gasteiger charge is -2.31. The summed E-state index contributed by atoms with van der Waals surface area (Å²) in [6, 6.07) is 14.2. The normalized spacial score (nSPS) is 15.7. The largest absolute Gasteiger partial charge is 0.486 e. The van der Waals surface area contributed by atoms with Gasteiger partial charge in [-0.3, -0.25) is 4.79 Å². The molecule has 1 saturated carbocycles. The number of fused-ring (bicyclic) bond motifs is 2. The lowest BCUT2D eigenvalue weighted by atomic mass is 10.1. The number of anilines is 1. The van der Waals surface area contributed by atoms with Gasteiger partial charge in [-0.1, -0.05) is 30.5 Å². The van der Waals surface area contributed by atoms with Crippen molar-refractivity contribution in [2.45, 2.75) is 45.2 Å². The number of ether oxygens (including phenoxy) is 2. The highest BCUT2D eigenvalue weighted by Crippen LogP contribution is 2.34. The van der Waals surface area contributed by atoms with Crippen molar-refractivity contribution in [2.75, 3.05) is 18.5 Å². The summed E-state index contributed by atoms with van der Waals surface area (Å²) in [6.45, 7) is 3.57. The third-order valence-corrected chi connectivity index (χ3v) is 6.59. The lowest BCUT2D eigenvalue weighted by Crippen LogP contribution is -2.42. The van der Waals surface area contributed by atoms with Crippen molar-refractivity contribution in [3.05, 3.63) is 63.9 Å². The van der Waals surface area contributed by atoms with Gasteiger partial charge in [-0.25, -0.2) is 0 Å². The Bertz CT molecular complexity index is 1200. The minimum Gasteiger partial charge on any atom is -0.486 e. The first kappa shape index (κ1) is 20.8. The number of aryl methyl sites for hydroxylation is 1. The highest BCUT2D eigenvalue weighted by atomic mass is 32.1. The SMILES string of the molecule is Cc1ccc(NC(=S)N(Cc2cc3cc4c(cc3[nH]c2=O)OCCO4)C2CCCC2)cc1. The van der Waals surface area contributed by atoms with E-state index in [-0.39, 0.29) is 5.56 Å². The zero-order valence-electron chi connectivity index (χ0n) is 18.1. The van der Waals surface area contributed by atoms with Crippen molar-refractivity contribution in [3.63, 3.8) is 0 Å². The summed E-state index contributed by atoms with van der Waals surface area (Å²) in [4.78, 5) is 18.1. The number of thiocarbonyl (C=S) groups is 1. The maximum atomic E-state index is 13.0. The second-order valence-electron chi connectivity index (χ2n) is 8.57. The Kier molecular flexibility index (Phi) is 5.74. The van der Waals surface area contributed by atoms with E-state index in [1.807, 2.05) is 30.3 Å². The van der Waals surface area contributed by atoms with Gasteiger partial charge in [0.15, 0.2) is 16.6 Å². The van der Waals surface area contributed by atoms with Gasteiger partial charge in [0.1, 0.15) is 13.2 Å². The fourth-order valence-corrected chi connectivity index (χ4v) is 4.84. The van der Waals surface area contributed by atoms with Gasteiger partial charge in [-0.05, 0) is 56.2 Å². The molecule has 32 heavy (non-hydrogen) atoms. The Labute approximate surface area is 192 Å². The van der Waals surface area contributed by atoms with E-state index < -0.39 is 0 Å². The smallest absolute Gasteiger partial charge is 0.253 e. The molecule has 0 spiro atoms. The molecule has 7 heteroatoms. The number of nitrogens with zero attached hydrogens (tertiary/aromatic N) is 1. The Morgan fingerprint density at radius 2 is 1.78 bits per heavy atom. The van der Waals surface area contributed by atoms with Crippen LogP contribution in [0.3, 0.4) is 0 Å². The highest BCUT2D eigenvalue weighted by molar-refractivity contribution is 7.80. The van der Waals surface area contributed by atoms with Crippen LogP contribution in [-0.4, -0.2) is 34.3 Å². The molecule has 166 valence electrons. The summed E-state index contributed by atoms with van der Waals surface area (Å²) in [5, 5.41) is 4.95. The van der Waals surface area contributed by atoms with Crippen LogP contribution in [0.4, 0.5) is 5.69 Å². The quantitative estimate of drug-likeness (QED) is 0.561. The Balaban J connectivity index is 1.44. The average molecular weight is 450 g/mol. The molecule has 1 aliphatic carbocycles. The predicted octanol–water partition coefficient (Wildman–Crippen LogP) is 4.75. The van der Waals surface area contributed by atoms with Crippen LogP contribution < -0.4 is 20.3 Å². The molecular weight excluding hydrogens is 422 g/mol. The van der Waals surface area contributed by atoms with Crippen molar-refractivity contribution >= 4 is 33.9 Å². The number of hydrogen-bond donors (Lipinski definition) is 2. The molecule has 2 aromatic carbocycles. The molecule has 5 rings (SSSR count). The molecule has 6 nitrogen and oxygen atoms in total. The molecule has 0 radical (unpaired) electrons. The van der Waals surface area contributed by atoms with Crippen LogP contribution in [0.2, 0.25) is 0 Å². The molecule has 3 aromatic rings. The zero-order valence-corrected chi connectivity index (χ0v) is 19.0. The Morgan fingerprint density at radius 3 is 2.50 bits per heavy atom. The number of aromatic nitrogens is 1. The van der Waals surface area contributed by atoms with Gasteiger partial charge in [0.25, 0.3) is 5.56 Å². The number of H-pyrrole nitrogens is 1. The maximum Gasteiger partial charge on any atom is 0.253 e. The monoisotopic (exact) mass is 449 g/mol. The highest BCUT2D eigenvalue weighted by Gasteiger charge is 2.26. The van der Waals surface area contributed by atoms with Crippen LogP contribution in [0.5, 0.6) is 11.5 Å². The topological polar surface area (TPSA) is 66.6 Å². The van der Waals surface area contributed by atoms with E-state index in [0.29, 0.717) is 48.0 Å². The van der Waals surface area contributed by atoms with E-state index >= 15 is 0 Å². The number of aromatic amines is 1. The van der Waals surface area contributed by atoms with Crippen LogP contribution in [-0.2, 0) is 6.54 Å². The first-order valence-corrected chi connectivity index (χ1v) is 11.6. The first-order valence-electron chi connectivity index (χ1n) is 11.2. The van der Waals surface area contributed by atoms with Gasteiger partial charge in [-0.15, -0.1) is 0 Å². The molecule has 1 aliphatic heterocycles. The van der Waals surface area contributed by atoms with Crippen LogP contribution >= 0.6 is 12.2 Å². The standard InChI is InChI=1S/C25H27N3O3S/c1-16-6-8-19(9-7-16)26-25(32)28(20-4-2-3-5-20)15-18-12-17-13-22-23(31-11-10-30-22)14-21(17)27-24(18)29/h6-9,12-14,20H,2-5,10-11,15H2,1H3,(H,26,32)(H,27,29). The molecule has 0 bridgehead atoms. The van der Waals surface area contributed by atoms with Gasteiger partial charge in [0.2, 0.25) is 0 Å². The van der Waals surface area contributed by atoms with Crippen molar-refractivity contribution in [2.24, 2.45) is 0 Å². The molecule has 2 heterocycles. The van der Waals surface area contributed by atoms with E-state index in [2.05, 4.69) is 34.3 Å². The van der Waals surface area contributed by atoms with Gasteiger partial charge >= 0.3 is 0 Å². The second-order valence-corrected chi connectivity index (χ2v) is 8.96. The number of benzene rings is 2. The van der Waals surface area contributed by atoms with E-state index in [1.54, 1.807) is 0 Å². The van der Waals surface area contributed by atoms with E-state index in [1.165, 1.54) is 18.4 Å². The fourth-order valence-electron chi connectivity index (χ4n) is 4.50. The minimum absolute atomic E-state index is 0.102. The van der Waals surface area contributed by atoms with E-state index in [9.17, 15) is 4.79 Å². The summed E-state index contributed by atoms with van der Waals surface area (Å²) < 4.78 is 11.4. The summed E-state index contributed by atoms with van der Waals surface area (Å²) in [6.07, 6.45) is 4.54. The molecular formula is C25H27N3O3S. The summed E-state index contributed by atoms with van der Waals surface area (Å²) in [5.41, 5.74) is 3.49. The van der Waals surface area contributed by atoms with Crippen molar-refractivity contribution < 1.29 is 9.47 Å². The summed E-state index contributed by atoms with van der Waals surface area (Å²) in [5.74, 6) is 1.38. The van der Waals surface area contributed by atoms with Crippen LogP contribution in [0.1, 0.15) is 36.8 Å². The number of pyridine rings is 1. The average Bonchev–Trinajstić information content (AvgIpc) is 3.32. The summed E-state index contributed by atoms with van der Waals surface area (Å²) >= 11 is 5.81. The van der Waals surface area contributed by atoms with Gasteiger partial charge in [0, 0.05) is 28.7 Å². The van der Waals surface area contributed by atoms with Crippen molar-refractivity contribution in [1.82, 2.24) is 9.88 Å². The third kappa shape index (κ3) is 4.30. The van der Waals surface area contributed by atoms with Crippen LogP contribution in [0.25, 0.3) is 10.9 Å². The Hall–Kier alpha value is -3.06. The first-order chi connectivity index (χ1) is 15.6. The molecule has 2 N–H and O–H groups in total. The molecule has 0 atom stereocenters. The fraction of sp³-hybridized carbons (Fsp3) is 0.360. The number of rotatable bonds is 4.